The van der Waals surface area contributed by atoms with Crippen molar-refractivity contribution in [2.45, 2.75) is 23.2 Å². The molecule has 0 radical (unpaired) electrons. The molecule has 0 aliphatic carbocycles. The molecule has 3 heterocycles. The molecule has 1 aliphatic rings. The Morgan fingerprint density at radius 1 is 1.24 bits per heavy atom. The number of para-hydroxylation sites is 1. The third-order valence-corrected chi connectivity index (χ3v) is 5.13. The van der Waals surface area contributed by atoms with Crippen LogP contribution in [0.2, 0.25) is 0 Å². The molecule has 1 N–H and O–H groups in total. The Hall–Kier alpha value is -2.80. The van der Waals surface area contributed by atoms with Crippen LogP contribution in [-0.4, -0.2) is 26.5 Å². The van der Waals surface area contributed by atoms with Crippen molar-refractivity contribution in [3.05, 3.63) is 60.6 Å². The molecule has 0 bridgehead atoms. The van der Waals surface area contributed by atoms with Crippen LogP contribution in [0.15, 0.2) is 59.8 Å². The van der Waals surface area contributed by atoms with Crippen LogP contribution in [0.1, 0.15) is 12.1 Å². The molecule has 1 aliphatic heterocycles. The summed E-state index contributed by atoms with van der Waals surface area (Å²) in [6.07, 6.45) is 3.73. The Kier molecular flexibility index (Phi) is 4.15. The number of hydrogen-bond acceptors (Lipinski definition) is 5. The second kappa shape index (κ2) is 6.60. The first kappa shape index (κ1) is 15.7. The number of anilines is 1. The number of nitrogens with zero attached hydrogens (tertiary/aromatic N) is 2. The summed E-state index contributed by atoms with van der Waals surface area (Å²) in [5, 5.41) is 2.34. The minimum absolute atomic E-state index is 0.0260. The number of fused-ring (bicyclic) bond motifs is 2. The Morgan fingerprint density at radius 2 is 2.08 bits per heavy atom. The summed E-state index contributed by atoms with van der Waals surface area (Å²) in [7, 11) is 0. The van der Waals surface area contributed by atoms with Gasteiger partial charge < -0.3 is 14.5 Å². The number of rotatable bonds is 4. The number of amides is 1. The van der Waals surface area contributed by atoms with Gasteiger partial charge in [-0.15, -0.1) is 11.8 Å². The lowest BCUT2D eigenvalue weighted by molar-refractivity contribution is -0.145. The van der Waals surface area contributed by atoms with Gasteiger partial charge >= 0.3 is 5.97 Å². The first-order chi connectivity index (χ1) is 12.2. The van der Waals surface area contributed by atoms with Gasteiger partial charge in [0.05, 0.1) is 23.1 Å². The predicted molar refractivity (Wildman–Crippen MR) is 94.3 cm³/mol. The molecule has 0 saturated carbocycles. The second-order valence-electron chi connectivity index (χ2n) is 5.66. The molecule has 0 saturated heterocycles. The van der Waals surface area contributed by atoms with Gasteiger partial charge in [0, 0.05) is 17.3 Å². The summed E-state index contributed by atoms with van der Waals surface area (Å²) in [5.74, 6) is -0.586. The monoisotopic (exact) mass is 353 g/mol. The lowest BCUT2D eigenvalue weighted by Gasteiger charge is -2.23. The molecule has 0 unspecified atom stereocenters. The zero-order valence-electron chi connectivity index (χ0n) is 13.2. The summed E-state index contributed by atoms with van der Waals surface area (Å²) < 4.78 is 7.15. The van der Waals surface area contributed by atoms with E-state index < -0.39 is 11.2 Å². The first-order valence-electron chi connectivity index (χ1n) is 7.84. The van der Waals surface area contributed by atoms with Crippen molar-refractivity contribution in [1.29, 1.82) is 0 Å². The normalized spacial score (nSPS) is 16.3. The van der Waals surface area contributed by atoms with Crippen LogP contribution in [0, 0.1) is 0 Å². The van der Waals surface area contributed by atoms with Crippen LogP contribution in [0.3, 0.4) is 0 Å². The number of imidazole rings is 1. The van der Waals surface area contributed by atoms with Crippen molar-refractivity contribution in [3.8, 4) is 0 Å². The van der Waals surface area contributed by atoms with Gasteiger partial charge in [-0.25, -0.2) is 4.98 Å². The van der Waals surface area contributed by atoms with Crippen LogP contribution in [0.5, 0.6) is 0 Å². The van der Waals surface area contributed by atoms with E-state index in [2.05, 4.69) is 10.3 Å². The molecule has 1 aromatic carbocycles. The maximum absolute atomic E-state index is 12.1. The Bertz CT molecular complexity index is 920. The minimum atomic E-state index is -0.483. The van der Waals surface area contributed by atoms with E-state index >= 15 is 0 Å². The maximum Gasteiger partial charge on any atom is 0.307 e. The fraction of sp³-hybridized carbons (Fsp3) is 0.167. The van der Waals surface area contributed by atoms with Crippen molar-refractivity contribution in [2.24, 2.45) is 0 Å². The third kappa shape index (κ3) is 3.36. The van der Waals surface area contributed by atoms with Crippen molar-refractivity contribution >= 4 is 35.0 Å². The van der Waals surface area contributed by atoms with Crippen LogP contribution >= 0.6 is 11.8 Å². The van der Waals surface area contributed by atoms with Crippen molar-refractivity contribution in [1.82, 2.24) is 9.38 Å². The van der Waals surface area contributed by atoms with Gasteiger partial charge in [0.2, 0.25) is 5.91 Å². The summed E-state index contributed by atoms with van der Waals surface area (Å²) in [6.45, 7) is 0.0934. The quantitative estimate of drug-likeness (QED) is 0.730. The number of aromatic nitrogens is 2. The number of carbonyl (C=O) groups is 2. The summed E-state index contributed by atoms with van der Waals surface area (Å²) in [5.41, 5.74) is 2.25. The molecule has 1 atom stereocenters. The highest BCUT2D eigenvalue weighted by molar-refractivity contribution is 8.01. The molecular formula is C18H15N3O3S. The zero-order valence-corrected chi connectivity index (χ0v) is 14.0. The van der Waals surface area contributed by atoms with E-state index in [0.717, 1.165) is 16.2 Å². The molecule has 25 heavy (non-hydrogen) atoms. The highest BCUT2D eigenvalue weighted by Gasteiger charge is 2.29. The van der Waals surface area contributed by atoms with Gasteiger partial charge in [-0.1, -0.05) is 18.2 Å². The van der Waals surface area contributed by atoms with Crippen LogP contribution < -0.4 is 5.32 Å². The third-order valence-electron chi connectivity index (χ3n) is 3.85. The highest BCUT2D eigenvalue weighted by atomic mass is 32.2. The Morgan fingerprint density at radius 3 is 2.96 bits per heavy atom. The van der Waals surface area contributed by atoms with Crippen molar-refractivity contribution in [2.75, 3.05) is 5.32 Å². The van der Waals surface area contributed by atoms with Crippen LogP contribution in [0.25, 0.3) is 5.65 Å². The number of esters is 1. The number of benzene rings is 1. The molecule has 0 spiro atoms. The van der Waals surface area contributed by atoms with E-state index in [0.29, 0.717) is 5.69 Å². The van der Waals surface area contributed by atoms with E-state index in [-0.39, 0.29) is 18.9 Å². The predicted octanol–water partition coefficient (Wildman–Crippen LogP) is 2.88. The largest absolute Gasteiger partial charge is 0.459 e. The minimum Gasteiger partial charge on any atom is -0.459 e. The van der Waals surface area contributed by atoms with E-state index in [1.807, 2.05) is 59.3 Å². The molecule has 3 aromatic rings. The lowest BCUT2D eigenvalue weighted by atomic mass is 10.2. The summed E-state index contributed by atoms with van der Waals surface area (Å²) in [6, 6.07) is 13.2. The molecule has 0 fully saturated rings. The molecule has 1 amide bonds. The fourth-order valence-electron chi connectivity index (χ4n) is 2.65. The number of thioether (sulfide) groups is 1. The average Bonchev–Trinajstić information content (AvgIpc) is 3.03. The maximum atomic E-state index is 12.1. The van der Waals surface area contributed by atoms with E-state index in [9.17, 15) is 9.59 Å². The molecule has 4 rings (SSSR count). The number of carbonyl (C=O) groups excluding carboxylic acids is 2. The number of hydrogen-bond donors (Lipinski definition) is 1. The average molecular weight is 353 g/mol. The van der Waals surface area contributed by atoms with Gasteiger partial charge in [0.15, 0.2) is 0 Å². The van der Waals surface area contributed by atoms with Gasteiger partial charge in [-0.05, 0) is 24.3 Å². The standard InChI is InChI=1S/C18H15N3O3S/c22-17(24-11-12-10-21-8-4-3-7-16(21)19-12)9-15-18(23)20-13-5-1-2-6-14(13)25-15/h1-8,10,15H,9,11H2,(H,20,23)/t15-/m0/s1. The van der Waals surface area contributed by atoms with Crippen molar-refractivity contribution < 1.29 is 14.3 Å². The molecule has 6 nitrogen and oxygen atoms in total. The second-order valence-corrected chi connectivity index (χ2v) is 6.90. The first-order valence-corrected chi connectivity index (χ1v) is 8.72. The van der Waals surface area contributed by atoms with Gasteiger partial charge in [0.1, 0.15) is 12.3 Å². The van der Waals surface area contributed by atoms with Gasteiger partial charge in [0.25, 0.3) is 0 Å². The van der Waals surface area contributed by atoms with Gasteiger partial charge in [-0.3, -0.25) is 9.59 Å². The number of nitrogens with one attached hydrogen (secondary N) is 1. The van der Waals surface area contributed by atoms with Crippen molar-refractivity contribution in [3.63, 3.8) is 0 Å². The molecule has 7 heteroatoms. The summed E-state index contributed by atoms with van der Waals surface area (Å²) >= 11 is 1.39. The molecule has 2 aromatic heterocycles. The molecular weight excluding hydrogens is 338 g/mol. The van der Waals surface area contributed by atoms with Crippen LogP contribution in [0.4, 0.5) is 5.69 Å². The van der Waals surface area contributed by atoms with Crippen LogP contribution in [-0.2, 0) is 20.9 Å². The van der Waals surface area contributed by atoms with E-state index in [4.69, 9.17) is 4.74 Å². The number of pyridine rings is 1. The smallest absolute Gasteiger partial charge is 0.307 e. The topological polar surface area (TPSA) is 72.7 Å². The lowest BCUT2D eigenvalue weighted by Crippen LogP contribution is -2.31. The summed E-state index contributed by atoms with van der Waals surface area (Å²) in [4.78, 5) is 29.6. The van der Waals surface area contributed by atoms with E-state index in [1.54, 1.807) is 0 Å². The number of ether oxygens (including phenoxy) is 1. The highest BCUT2D eigenvalue weighted by Crippen LogP contribution is 2.36. The fourth-order valence-corrected chi connectivity index (χ4v) is 3.74. The van der Waals surface area contributed by atoms with Gasteiger partial charge in [-0.2, -0.15) is 0 Å². The Balaban J connectivity index is 1.36. The SMILES string of the molecule is O=C(C[C@@H]1Sc2ccccc2NC1=O)OCc1cn2ccccc2n1. The van der Waals surface area contributed by atoms with E-state index in [1.165, 1.54) is 11.8 Å². The molecule has 126 valence electrons. The zero-order chi connectivity index (χ0) is 17.2. The Labute approximate surface area is 148 Å².